The number of amides is 1. The lowest BCUT2D eigenvalue weighted by atomic mass is 10.2. The number of nitrogens with one attached hydrogen (secondary N) is 1. The molecule has 92 valence electrons. The lowest BCUT2D eigenvalue weighted by Crippen LogP contribution is -2.42. The monoisotopic (exact) mass is 238 g/mol. The van der Waals surface area contributed by atoms with E-state index >= 15 is 0 Å². The van der Waals surface area contributed by atoms with Gasteiger partial charge in [0.25, 0.3) is 5.91 Å². The van der Waals surface area contributed by atoms with E-state index in [1.807, 2.05) is 0 Å². The summed E-state index contributed by atoms with van der Waals surface area (Å²) in [6, 6.07) is 0.00343. The molecule has 1 heterocycles. The molecule has 1 fully saturated rings. The van der Waals surface area contributed by atoms with E-state index in [1.54, 1.807) is 0 Å². The summed E-state index contributed by atoms with van der Waals surface area (Å²) in [5.41, 5.74) is 0. The highest BCUT2D eigenvalue weighted by molar-refractivity contribution is 5.92. The van der Waals surface area contributed by atoms with Crippen LogP contribution in [0.3, 0.4) is 0 Å². The van der Waals surface area contributed by atoms with Gasteiger partial charge in [-0.3, -0.25) is 14.7 Å². The van der Waals surface area contributed by atoms with Gasteiger partial charge in [0.2, 0.25) is 5.82 Å². The molecule has 1 amide bonds. The van der Waals surface area contributed by atoms with Crippen LogP contribution in [-0.4, -0.2) is 49.7 Å². The number of hydrogen-bond donors (Lipinski definition) is 2. The Bertz CT molecular complexity index is 398. The number of aromatic nitrogens is 3. The van der Waals surface area contributed by atoms with Crippen molar-refractivity contribution in [3.8, 4) is 0 Å². The van der Waals surface area contributed by atoms with Crippen LogP contribution in [0.5, 0.6) is 0 Å². The topological polar surface area (TPSA) is 99.2 Å². The van der Waals surface area contributed by atoms with Crippen molar-refractivity contribution >= 4 is 11.9 Å². The second kappa shape index (κ2) is 4.94. The molecule has 0 atom stereocenters. The van der Waals surface area contributed by atoms with Gasteiger partial charge in [-0.15, -0.1) is 0 Å². The zero-order chi connectivity index (χ0) is 12.3. The van der Waals surface area contributed by atoms with Gasteiger partial charge in [0.1, 0.15) is 12.9 Å². The van der Waals surface area contributed by atoms with E-state index in [2.05, 4.69) is 15.2 Å². The first kappa shape index (κ1) is 11.6. The van der Waals surface area contributed by atoms with Gasteiger partial charge < -0.3 is 10.0 Å². The summed E-state index contributed by atoms with van der Waals surface area (Å²) in [7, 11) is 0. The minimum absolute atomic E-state index is 0.00343. The van der Waals surface area contributed by atoms with Gasteiger partial charge in [0, 0.05) is 6.04 Å². The Balaban J connectivity index is 2.14. The lowest BCUT2D eigenvalue weighted by Gasteiger charge is -2.26. The summed E-state index contributed by atoms with van der Waals surface area (Å²) < 4.78 is 0. The van der Waals surface area contributed by atoms with E-state index in [-0.39, 0.29) is 18.4 Å². The van der Waals surface area contributed by atoms with Crippen molar-refractivity contribution in [2.24, 2.45) is 0 Å². The first-order valence-corrected chi connectivity index (χ1v) is 5.56. The molecule has 1 aromatic heterocycles. The van der Waals surface area contributed by atoms with Crippen molar-refractivity contribution < 1.29 is 14.7 Å². The molecule has 7 heteroatoms. The fraction of sp³-hybridized carbons (Fsp3) is 0.600. The van der Waals surface area contributed by atoms with Crippen molar-refractivity contribution in [3.63, 3.8) is 0 Å². The number of carbonyl (C=O) groups is 2. The van der Waals surface area contributed by atoms with Crippen LogP contribution in [0, 0.1) is 0 Å². The number of rotatable bonds is 4. The largest absolute Gasteiger partial charge is 0.480 e. The maximum atomic E-state index is 12.1. The van der Waals surface area contributed by atoms with Crippen LogP contribution in [0.25, 0.3) is 0 Å². The maximum Gasteiger partial charge on any atom is 0.323 e. The number of carboxylic acid groups (broad SMARTS) is 1. The molecule has 7 nitrogen and oxygen atoms in total. The normalized spacial score (nSPS) is 16.0. The Morgan fingerprint density at radius 2 is 2.18 bits per heavy atom. The fourth-order valence-electron chi connectivity index (χ4n) is 2.17. The molecular formula is C10H14N4O3. The van der Waals surface area contributed by atoms with E-state index in [4.69, 9.17) is 5.11 Å². The minimum Gasteiger partial charge on any atom is -0.480 e. The molecular weight excluding hydrogens is 224 g/mol. The summed E-state index contributed by atoms with van der Waals surface area (Å²) in [6.45, 7) is -0.288. The van der Waals surface area contributed by atoms with Crippen LogP contribution in [0.2, 0.25) is 0 Å². The summed E-state index contributed by atoms with van der Waals surface area (Å²) in [4.78, 5) is 28.0. The molecule has 0 unspecified atom stereocenters. The van der Waals surface area contributed by atoms with Crippen LogP contribution < -0.4 is 0 Å². The van der Waals surface area contributed by atoms with Crippen LogP contribution in [0.1, 0.15) is 36.3 Å². The van der Waals surface area contributed by atoms with Crippen molar-refractivity contribution in [1.82, 2.24) is 20.1 Å². The van der Waals surface area contributed by atoms with Crippen LogP contribution in [0.4, 0.5) is 0 Å². The summed E-state index contributed by atoms with van der Waals surface area (Å²) >= 11 is 0. The lowest BCUT2D eigenvalue weighted by molar-refractivity contribution is -0.138. The Hall–Kier alpha value is -1.92. The zero-order valence-corrected chi connectivity index (χ0v) is 9.30. The predicted molar refractivity (Wildman–Crippen MR) is 57.3 cm³/mol. The average Bonchev–Trinajstić information content (AvgIpc) is 2.96. The molecule has 1 aliphatic carbocycles. The summed E-state index contributed by atoms with van der Waals surface area (Å²) in [5.74, 6) is -1.31. The predicted octanol–water partition coefficient (Wildman–Crippen LogP) is 0.274. The molecule has 0 saturated heterocycles. The van der Waals surface area contributed by atoms with Gasteiger partial charge in [-0.05, 0) is 12.8 Å². The highest BCUT2D eigenvalue weighted by Crippen LogP contribution is 2.24. The first-order valence-electron chi connectivity index (χ1n) is 5.56. The summed E-state index contributed by atoms with van der Waals surface area (Å²) in [5, 5.41) is 14.9. The molecule has 0 aromatic carbocycles. The number of hydrogen-bond acceptors (Lipinski definition) is 4. The van der Waals surface area contributed by atoms with Gasteiger partial charge >= 0.3 is 5.97 Å². The zero-order valence-electron chi connectivity index (χ0n) is 9.30. The van der Waals surface area contributed by atoms with Crippen molar-refractivity contribution in [2.45, 2.75) is 31.7 Å². The standard InChI is InChI=1S/C10H14N4O3/c15-8(16)5-14(7-3-1-2-4-7)10(17)9-11-6-12-13-9/h6-7H,1-5H2,(H,15,16)(H,11,12,13). The number of aromatic amines is 1. The summed E-state index contributed by atoms with van der Waals surface area (Å²) in [6.07, 6.45) is 5.01. The molecule has 17 heavy (non-hydrogen) atoms. The molecule has 2 N–H and O–H groups in total. The Morgan fingerprint density at radius 3 is 2.71 bits per heavy atom. The van der Waals surface area contributed by atoms with Gasteiger partial charge in [-0.25, -0.2) is 4.98 Å². The van der Waals surface area contributed by atoms with E-state index < -0.39 is 11.9 Å². The second-order valence-corrected chi connectivity index (χ2v) is 4.10. The van der Waals surface area contributed by atoms with Crippen LogP contribution >= 0.6 is 0 Å². The molecule has 0 spiro atoms. The number of carboxylic acids is 1. The van der Waals surface area contributed by atoms with E-state index in [9.17, 15) is 9.59 Å². The Morgan fingerprint density at radius 1 is 1.47 bits per heavy atom. The van der Waals surface area contributed by atoms with E-state index in [0.29, 0.717) is 0 Å². The molecule has 0 bridgehead atoms. The third-order valence-electron chi connectivity index (χ3n) is 2.95. The van der Waals surface area contributed by atoms with Crippen molar-refractivity contribution in [1.29, 1.82) is 0 Å². The SMILES string of the molecule is O=C(O)CN(C(=O)c1ncn[nH]1)C1CCCC1. The molecule has 0 radical (unpaired) electrons. The minimum atomic E-state index is -1.01. The average molecular weight is 238 g/mol. The maximum absolute atomic E-state index is 12.1. The first-order chi connectivity index (χ1) is 8.18. The smallest absolute Gasteiger partial charge is 0.323 e. The van der Waals surface area contributed by atoms with Gasteiger partial charge in [0.05, 0.1) is 0 Å². The highest BCUT2D eigenvalue weighted by Gasteiger charge is 2.30. The van der Waals surface area contributed by atoms with Gasteiger partial charge in [0.15, 0.2) is 0 Å². The van der Waals surface area contributed by atoms with Gasteiger partial charge in [-0.2, -0.15) is 5.10 Å². The van der Waals surface area contributed by atoms with E-state index in [0.717, 1.165) is 25.7 Å². The number of aliphatic carboxylic acids is 1. The second-order valence-electron chi connectivity index (χ2n) is 4.10. The van der Waals surface area contributed by atoms with Crippen molar-refractivity contribution in [3.05, 3.63) is 12.2 Å². The number of carbonyl (C=O) groups excluding carboxylic acids is 1. The molecule has 0 aliphatic heterocycles. The molecule has 1 aromatic rings. The van der Waals surface area contributed by atoms with Gasteiger partial charge in [-0.1, -0.05) is 12.8 Å². The third kappa shape index (κ3) is 2.61. The van der Waals surface area contributed by atoms with E-state index in [1.165, 1.54) is 11.2 Å². The quantitative estimate of drug-likeness (QED) is 0.784. The fourth-order valence-corrected chi connectivity index (χ4v) is 2.17. The highest BCUT2D eigenvalue weighted by atomic mass is 16.4. The number of H-pyrrole nitrogens is 1. The van der Waals surface area contributed by atoms with Crippen molar-refractivity contribution in [2.75, 3.05) is 6.54 Å². The van der Waals surface area contributed by atoms with Crippen LogP contribution in [-0.2, 0) is 4.79 Å². The Kier molecular flexibility index (Phi) is 3.36. The number of nitrogens with zero attached hydrogens (tertiary/aromatic N) is 3. The molecule has 2 rings (SSSR count). The molecule has 1 aliphatic rings. The molecule has 1 saturated carbocycles. The van der Waals surface area contributed by atoms with Crippen LogP contribution in [0.15, 0.2) is 6.33 Å². The third-order valence-corrected chi connectivity index (χ3v) is 2.95. The Labute approximate surface area is 97.8 Å².